The molecule has 0 saturated heterocycles. The van der Waals surface area contributed by atoms with E-state index < -0.39 is 4.92 Å². The van der Waals surface area contributed by atoms with Gasteiger partial charge in [-0.1, -0.05) is 23.8 Å². The van der Waals surface area contributed by atoms with Crippen LogP contribution in [0, 0.1) is 60.5 Å². The molecular formula is C20H21N3O2. The number of nitro groups is 1. The molecule has 0 heterocycles. The molecule has 0 spiro atoms. The largest absolute Gasteiger partial charge is 0.272 e. The van der Waals surface area contributed by atoms with Gasteiger partial charge in [0.05, 0.1) is 29.9 Å². The van der Waals surface area contributed by atoms with Gasteiger partial charge in [-0.05, 0) is 56.0 Å². The molecular weight excluding hydrogens is 314 g/mol. The van der Waals surface area contributed by atoms with Crippen LogP contribution >= 0.6 is 0 Å². The first kappa shape index (κ1) is 19.9. The molecule has 5 heteroatoms. The lowest BCUT2D eigenvalue weighted by Crippen LogP contribution is -1.96. The van der Waals surface area contributed by atoms with Crippen molar-refractivity contribution in [2.75, 3.05) is 0 Å². The van der Waals surface area contributed by atoms with Crippen molar-refractivity contribution in [1.82, 2.24) is 0 Å². The van der Waals surface area contributed by atoms with Crippen LogP contribution in [0.15, 0.2) is 30.3 Å². The highest BCUT2D eigenvalue weighted by atomic mass is 16.6. The lowest BCUT2D eigenvalue weighted by atomic mass is 10.0. The van der Waals surface area contributed by atoms with Crippen molar-refractivity contribution in [3.63, 3.8) is 0 Å². The van der Waals surface area contributed by atoms with Crippen molar-refractivity contribution in [3.8, 4) is 12.1 Å². The van der Waals surface area contributed by atoms with Crippen LogP contribution in [0.25, 0.3) is 0 Å². The van der Waals surface area contributed by atoms with Crippen LogP contribution in [-0.2, 0) is 12.8 Å². The van der Waals surface area contributed by atoms with E-state index in [2.05, 4.69) is 24.3 Å². The van der Waals surface area contributed by atoms with E-state index in [1.54, 1.807) is 19.9 Å². The van der Waals surface area contributed by atoms with Gasteiger partial charge in [0.15, 0.2) is 0 Å². The molecule has 0 N–H and O–H groups in total. The van der Waals surface area contributed by atoms with Crippen molar-refractivity contribution >= 4 is 5.69 Å². The van der Waals surface area contributed by atoms with E-state index in [9.17, 15) is 10.1 Å². The second kappa shape index (κ2) is 9.20. The summed E-state index contributed by atoms with van der Waals surface area (Å²) in [6.07, 6.45) is 0.818. The molecule has 0 radical (unpaired) electrons. The number of nitrogens with zero attached hydrogens (tertiary/aromatic N) is 3. The number of nitriles is 2. The number of hydrogen-bond acceptors (Lipinski definition) is 4. The van der Waals surface area contributed by atoms with Crippen molar-refractivity contribution in [3.05, 3.63) is 73.8 Å². The Hall–Kier alpha value is -3.18. The summed E-state index contributed by atoms with van der Waals surface area (Å²) in [5.41, 5.74) is 5.94. The van der Waals surface area contributed by atoms with Gasteiger partial charge in [-0.3, -0.25) is 10.1 Å². The Morgan fingerprint density at radius 2 is 1.44 bits per heavy atom. The van der Waals surface area contributed by atoms with E-state index in [1.165, 1.54) is 17.2 Å². The first-order chi connectivity index (χ1) is 11.8. The normalized spacial score (nSPS) is 9.36. The molecule has 0 aliphatic rings. The summed E-state index contributed by atoms with van der Waals surface area (Å²) in [7, 11) is 0. The van der Waals surface area contributed by atoms with E-state index in [-0.39, 0.29) is 5.69 Å². The summed E-state index contributed by atoms with van der Waals surface area (Å²) in [5, 5.41) is 27.6. The molecule has 0 unspecified atom stereocenters. The highest BCUT2D eigenvalue weighted by molar-refractivity contribution is 5.46. The summed E-state index contributed by atoms with van der Waals surface area (Å²) < 4.78 is 0. The fourth-order valence-corrected chi connectivity index (χ4v) is 2.41. The highest BCUT2D eigenvalue weighted by Crippen LogP contribution is 2.22. The smallest absolute Gasteiger partial charge is 0.258 e. The van der Waals surface area contributed by atoms with Crippen molar-refractivity contribution in [1.29, 1.82) is 10.5 Å². The molecule has 2 aromatic rings. The minimum absolute atomic E-state index is 0.115. The molecule has 25 heavy (non-hydrogen) atoms. The van der Waals surface area contributed by atoms with E-state index >= 15 is 0 Å². The van der Waals surface area contributed by atoms with Crippen molar-refractivity contribution in [2.24, 2.45) is 0 Å². The fourth-order valence-electron chi connectivity index (χ4n) is 2.41. The summed E-state index contributed by atoms with van der Waals surface area (Å²) in [4.78, 5) is 10.2. The Bertz CT molecular complexity index is 858. The number of hydrogen-bond donors (Lipinski definition) is 0. The molecule has 0 saturated carbocycles. The number of nitro benzene ring substituents is 1. The second-order valence-electron chi connectivity index (χ2n) is 5.92. The Labute approximate surface area is 148 Å². The first-order valence-electron chi connectivity index (χ1n) is 7.84. The molecule has 128 valence electrons. The minimum Gasteiger partial charge on any atom is -0.258 e. The molecule has 0 fully saturated rings. The minimum atomic E-state index is -0.404. The van der Waals surface area contributed by atoms with Crippen LogP contribution < -0.4 is 0 Å². The average Bonchev–Trinajstić information content (AvgIpc) is 2.55. The Morgan fingerprint density at radius 1 is 0.880 bits per heavy atom. The van der Waals surface area contributed by atoms with Crippen molar-refractivity contribution in [2.45, 2.75) is 40.5 Å². The number of aryl methyl sites for hydroxylation is 4. The van der Waals surface area contributed by atoms with Gasteiger partial charge in [-0.15, -0.1) is 0 Å². The van der Waals surface area contributed by atoms with E-state index in [0.717, 1.165) is 16.7 Å². The van der Waals surface area contributed by atoms with Gasteiger partial charge in [-0.25, -0.2) is 0 Å². The Kier molecular flexibility index (Phi) is 7.31. The Balaban J connectivity index is 0.000000257. The van der Waals surface area contributed by atoms with Crippen LogP contribution in [-0.4, -0.2) is 4.92 Å². The number of benzene rings is 2. The first-order valence-corrected chi connectivity index (χ1v) is 7.84. The standard InChI is InChI=1S/C10H10N2O2.C10H11N/c1-7-6-10(12(13)14)8(2)5-9(7)3-4-11;1-8-3-4-9(2)10(7-8)5-6-11/h5-6H,3H2,1-2H3;3-4,7H,5H2,1-2H3. The topological polar surface area (TPSA) is 90.7 Å². The van der Waals surface area contributed by atoms with Gasteiger partial charge in [0.1, 0.15) is 0 Å². The van der Waals surface area contributed by atoms with Gasteiger partial charge in [0.25, 0.3) is 5.69 Å². The predicted molar refractivity (Wildman–Crippen MR) is 97.1 cm³/mol. The molecule has 0 amide bonds. The van der Waals surface area contributed by atoms with Gasteiger partial charge in [0, 0.05) is 11.6 Å². The Morgan fingerprint density at radius 3 is 1.96 bits per heavy atom. The van der Waals surface area contributed by atoms with E-state index in [4.69, 9.17) is 10.5 Å². The molecule has 0 aromatic heterocycles. The summed E-state index contributed by atoms with van der Waals surface area (Å²) in [6, 6.07) is 13.6. The van der Waals surface area contributed by atoms with Gasteiger partial charge in [-0.2, -0.15) is 10.5 Å². The zero-order chi connectivity index (χ0) is 19.0. The maximum absolute atomic E-state index is 10.6. The van der Waals surface area contributed by atoms with Gasteiger partial charge >= 0.3 is 0 Å². The molecule has 0 bridgehead atoms. The third-order valence-electron chi connectivity index (χ3n) is 3.89. The molecule has 0 aliphatic carbocycles. The predicted octanol–water partition coefficient (Wildman–Crippen LogP) is 4.65. The summed E-state index contributed by atoms with van der Waals surface area (Å²) in [6.45, 7) is 7.53. The second-order valence-corrected chi connectivity index (χ2v) is 5.92. The zero-order valence-corrected chi connectivity index (χ0v) is 15.0. The van der Waals surface area contributed by atoms with Gasteiger partial charge in [0.2, 0.25) is 0 Å². The van der Waals surface area contributed by atoms with Crippen molar-refractivity contribution < 1.29 is 4.92 Å². The fraction of sp³-hybridized carbons (Fsp3) is 0.300. The highest BCUT2D eigenvalue weighted by Gasteiger charge is 2.12. The zero-order valence-electron chi connectivity index (χ0n) is 15.0. The van der Waals surface area contributed by atoms with E-state index in [0.29, 0.717) is 18.4 Å². The third kappa shape index (κ3) is 5.75. The molecule has 5 nitrogen and oxygen atoms in total. The average molecular weight is 335 g/mol. The van der Waals surface area contributed by atoms with Crippen LogP contribution in [0.5, 0.6) is 0 Å². The quantitative estimate of drug-likeness (QED) is 0.603. The van der Waals surface area contributed by atoms with Crippen LogP contribution in [0.2, 0.25) is 0 Å². The molecule has 0 atom stereocenters. The van der Waals surface area contributed by atoms with Crippen LogP contribution in [0.3, 0.4) is 0 Å². The lowest BCUT2D eigenvalue weighted by Gasteiger charge is -2.03. The number of rotatable bonds is 3. The van der Waals surface area contributed by atoms with Crippen LogP contribution in [0.1, 0.15) is 33.4 Å². The van der Waals surface area contributed by atoms with Crippen LogP contribution in [0.4, 0.5) is 5.69 Å². The maximum Gasteiger partial charge on any atom is 0.272 e. The van der Waals surface area contributed by atoms with Gasteiger partial charge < -0.3 is 0 Å². The maximum atomic E-state index is 10.6. The summed E-state index contributed by atoms with van der Waals surface area (Å²) in [5.74, 6) is 0. The monoisotopic (exact) mass is 335 g/mol. The van der Waals surface area contributed by atoms with E-state index in [1.807, 2.05) is 19.9 Å². The molecule has 2 rings (SSSR count). The third-order valence-corrected chi connectivity index (χ3v) is 3.89. The molecule has 0 aliphatic heterocycles. The molecule has 2 aromatic carbocycles. The SMILES string of the molecule is Cc1cc([N+](=O)[O-])c(C)cc1CC#N.Cc1ccc(C)c(CC#N)c1. The summed E-state index contributed by atoms with van der Waals surface area (Å²) >= 11 is 0. The lowest BCUT2D eigenvalue weighted by molar-refractivity contribution is -0.385.